The van der Waals surface area contributed by atoms with Gasteiger partial charge in [-0.15, -0.1) is 0 Å². The van der Waals surface area contributed by atoms with Gasteiger partial charge >= 0.3 is 5.97 Å². The van der Waals surface area contributed by atoms with Crippen molar-refractivity contribution in [2.45, 2.75) is 164 Å². The quantitative estimate of drug-likeness (QED) is 0.120. The Hall–Kier alpha value is -1.68. The number of carboxylic acids is 1. The minimum absolute atomic E-state index is 0. The monoisotopic (exact) mass is 717 g/mol. The first-order chi connectivity index (χ1) is 21.9. The van der Waals surface area contributed by atoms with E-state index in [-0.39, 0.29) is 47.4 Å². The van der Waals surface area contributed by atoms with Crippen LogP contribution in [0.25, 0.3) is 0 Å². The lowest BCUT2D eigenvalue weighted by Gasteiger charge is -2.32. The molecule has 0 aromatic carbocycles. The van der Waals surface area contributed by atoms with Crippen molar-refractivity contribution in [1.29, 1.82) is 0 Å². The van der Waals surface area contributed by atoms with E-state index in [2.05, 4.69) is 124 Å². The third-order valence-corrected chi connectivity index (χ3v) is 6.27. The lowest BCUT2D eigenvalue weighted by molar-refractivity contribution is -0.137. The van der Waals surface area contributed by atoms with Gasteiger partial charge in [0.15, 0.2) is 0 Å². The van der Waals surface area contributed by atoms with E-state index in [1.54, 1.807) is 20.8 Å². The lowest BCUT2D eigenvalue weighted by Crippen LogP contribution is -2.39. The molecule has 0 heterocycles. The van der Waals surface area contributed by atoms with Crippen LogP contribution in [0.3, 0.4) is 0 Å². The zero-order chi connectivity index (χ0) is 39.6. The van der Waals surface area contributed by atoms with Crippen LogP contribution < -0.4 is 10.6 Å². The van der Waals surface area contributed by atoms with E-state index < -0.39 is 5.97 Å². The molecule has 0 aliphatic carbocycles. The molecular weight excluding hydrogens is 628 g/mol. The number of carbonyl (C=O) groups excluding carboxylic acids is 3. The number of carbonyl (C=O) groups is 4. The van der Waals surface area contributed by atoms with Crippen molar-refractivity contribution in [1.82, 2.24) is 20.4 Å². The fourth-order valence-electron chi connectivity index (χ4n) is 4.39. The van der Waals surface area contributed by atoms with E-state index in [0.717, 1.165) is 52.2 Å². The van der Waals surface area contributed by atoms with Crippen molar-refractivity contribution in [2.75, 3.05) is 58.9 Å². The minimum Gasteiger partial charge on any atom is -0.481 e. The summed E-state index contributed by atoms with van der Waals surface area (Å²) in [6.45, 7) is 45.3. The van der Waals surface area contributed by atoms with Gasteiger partial charge in [-0.1, -0.05) is 97.4 Å². The summed E-state index contributed by atoms with van der Waals surface area (Å²) in [5, 5.41) is 14.6. The Balaban J connectivity index is -0.000000180. The van der Waals surface area contributed by atoms with Crippen molar-refractivity contribution >= 4 is 23.3 Å². The molecule has 50 heavy (non-hydrogen) atoms. The van der Waals surface area contributed by atoms with Crippen molar-refractivity contribution in [2.24, 2.45) is 21.7 Å². The molecule has 9 heteroatoms. The summed E-state index contributed by atoms with van der Waals surface area (Å²) in [6.07, 6.45) is 2.76. The summed E-state index contributed by atoms with van der Waals surface area (Å²) in [4.78, 5) is 47.1. The molecule has 0 bridgehead atoms. The highest BCUT2D eigenvalue weighted by molar-refractivity contribution is 5.78. The summed E-state index contributed by atoms with van der Waals surface area (Å²) in [6, 6.07) is 0.522. The molecule has 0 rings (SSSR count). The summed E-state index contributed by atoms with van der Waals surface area (Å²) >= 11 is 0. The molecular formula is C41H88N4O5. The van der Waals surface area contributed by atoms with Gasteiger partial charge < -0.3 is 15.7 Å². The molecule has 0 radical (unpaired) electrons. The highest BCUT2D eigenvalue weighted by Gasteiger charge is 2.19. The predicted octanol–water partition coefficient (Wildman–Crippen LogP) is 8.39. The number of nitrogens with one attached hydrogen (secondary N) is 2. The Kier molecular flexibility index (Phi) is 34.4. The van der Waals surface area contributed by atoms with Crippen molar-refractivity contribution in [3.8, 4) is 0 Å². The Morgan fingerprint density at radius 1 is 0.640 bits per heavy atom. The maximum absolute atomic E-state index is 11.0. The molecule has 0 spiro atoms. The third-order valence-electron chi connectivity index (χ3n) is 6.27. The van der Waals surface area contributed by atoms with Crippen molar-refractivity contribution in [3.05, 3.63) is 0 Å². The number of hydrogen-bond donors (Lipinski definition) is 3. The first kappa shape index (κ1) is 57.7. The molecule has 0 aliphatic heterocycles. The molecule has 0 aliphatic rings. The van der Waals surface area contributed by atoms with Gasteiger partial charge in [-0.05, 0) is 88.8 Å². The smallest absolute Gasteiger partial charge is 0.303 e. The number of nitrogens with zero attached hydrogens (tertiary/aromatic N) is 2. The zero-order valence-corrected chi connectivity index (χ0v) is 35.7. The molecule has 0 saturated heterocycles. The number of rotatable bonds is 18. The molecule has 0 fully saturated rings. The molecule has 0 atom stereocenters. The van der Waals surface area contributed by atoms with Crippen LogP contribution in [0.2, 0.25) is 0 Å². The van der Waals surface area contributed by atoms with Crippen LogP contribution in [0.5, 0.6) is 0 Å². The summed E-state index contributed by atoms with van der Waals surface area (Å²) in [5.41, 5.74) is 1.14. The van der Waals surface area contributed by atoms with Gasteiger partial charge in [0.25, 0.3) is 0 Å². The van der Waals surface area contributed by atoms with Gasteiger partial charge in [0.2, 0.25) is 0 Å². The number of carboxylic acid groups (broad SMARTS) is 1. The van der Waals surface area contributed by atoms with E-state index in [1.807, 2.05) is 0 Å². The van der Waals surface area contributed by atoms with Crippen LogP contribution in [0.15, 0.2) is 0 Å². The number of ketones is 3. The van der Waals surface area contributed by atoms with Gasteiger partial charge in [-0.3, -0.25) is 29.0 Å². The van der Waals surface area contributed by atoms with E-state index in [0.29, 0.717) is 37.4 Å². The highest BCUT2D eigenvalue weighted by Crippen LogP contribution is 2.17. The van der Waals surface area contributed by atoms with Gasteiger partial charge in [0.05, 0.1) is 13.1 Å². The third kappa shape index (κ3) is 58.5. The Labute approximate surface area is 311 Å². The second-order valence-corrected chi connectivity index (χ2v) is 18.7. The average molecular weight is 717 g/mol. The lowest BCUT2D eigenvalue weighted by atomic mass is 9.95. The summed E-state index contributed by atoms with van der Waals surface area (Å²) in [5.74, 6) is 0.0269. The average Bonchev–Trinajstić information content (AvgIpc) is 2.83. The van der Waals surface area contributed by atoms with Gasteiger partial charge in [-0.2, -0.15) is 0 Å². The van der Waals surface area contributed by atoms with E-state index >= 15 is 0 Å². The van der Waals surface area contributed by atoms with Gasteiger partial charge in [0.1, 0.15) is 17.3 Å². The first-order valence-electron chi connectivity index (χ1n) is 18.5. The van der Waals surface area contributed by atoms with E-state index in [1.165, 1.54) is 0 Å². The highest BCUT2D eigenvalue weighted by atomic mass is 16.4. The van der Waals surface area contributed by atoms with Gasteiger partial charge in [0, 0.05) is 45.1 Å². The van der Waals surface area contributed by atoms with Crippen LogP contribution >= 0.6 is 0 Å². The normalized spacial score (nSPS) is 11.8. The molecule has 0 aromatic rings. The largest absolute Gasteiger partial charge is 0.481 e. The minimum atomic E-state index is -0.715. The maximum Gasteiger partial charge on any atom is 0.303 e. The van der Waals surface area contributed by atoms with Crippen LogP contribution in [-0.4, -0.2) is 103 Å². The summed E-state index contributed by atoms with van der Waals surface area (Å²) in [7, 11) is 0. The molecule has 0 aromatic heterocycles. The summed E-state index contributed by atoms with van der Waals surface area (Å²) < 4.78 is 0. The zero-order valence-electron chi connectivity index (χ0n) is 35.7. The molecule has 0 saturated carbocycles. The van der Waals surface area contributed by atoms with Crippen LogP contribution in [0.4, 0.5) is 0 Å². The van der Waals surface area contributed by atoms with Crippen LogP contribution in [0, 0.1) is 21.7 Å². The van der Waals surface area contributed by atoms with E-state index in [9.17, 15) is 19.2 Å². The van der Waals surface area contributed by atoms with Crippen molar-refractivity contribution in [3.63, 3.8) is 0 Å². The Bertz CT molecular complexity index is 875. The Morgan fingerprint density at radius 2 is 1.10 bits per heavy atom. The van der Waals surface area contributed by atoms with Gasteiger partial charge in [-0.25, -0.2) is 0 Å². The Morgan fingerprint density at radius 3 is 1.42 bits per heavy atom. The van der Waals surface area contributed by atoms with E-state index in [4.69, 9.17) is 5.11 Å². The molecule has 9 nitrogen and oxygen atoms in total. The predicted molar refractivity (Wildman–Crippen MR) is 217 cm³/mol. The second-order valence-electron chi connectivity index (χ2n) is 18.7. The van der Waals surface area contributed by atoms with Crippen LogP contribution in [-0.2, 0) is 19.2 Å². The number of Topliss-reactive ketones (excluding diaryl/α,β-unsaturated/α-hetero) is 3. The molecule has 3 N–H and O–H groups in total. The number of hydrogen-bond acceptors (Lipinski definition) is 8. The maximum atomic E-state index is 11.0. The SMILES string of the molecule is C.CC(=O)CCN(CC(C)(C)C)C(C)C.CC(=O)CNCC(C)(C)C.CC(C)(C)CNCCCC(=O)O.CCCN(CC(C)=O)CC(C)(C)C. The topological polar surface area (TPSA) is 119 Å². The molecule has 0 unspecified atom stereocenters. The fraction of sp³-hybridized carbons (Fsp3) is 0.902. The first-order valence-corrected chi connectivity index (χ1v) is 18.5. The second kappa shape index (κ2) is 29.9. The standard InChI is InChI=1S/C12H25NO.C11H23NO.C9H19NO2.C8H17NO.CH4/c1-10(2)13(8-7-11(3)14)9-12(4,5)6;1-6-7-12(8-10(2)13)9-11(3,4)5;1-9(2,3)7-10-6-4-5-8(11)12;1-7(10)5-9-6-8(2,3)4;/h10H,7-9H2,1-6H3;6-9H2,1-5H3;10H,4-7H2,1-3H3,(H,11,12);9H,5-6H2,1-4H3;1H4. The van der Waals surface area contributed by atoms with Crippen molar-refractivity contribution < 1.29 is 24.3 Å². The molecule has 0 amide bonds. The molecule has 302 valence electrons. The van der Waals surface area contributed by atoms with Crippen LogP contribution in [0.1, 0.15) is 158 Å². The fourth-order valence-corrected chi connectivity index (χ4v) is 4.39. The number of aliphatic carboxylic acids is 1.